The van der Waals surface area contributed by atoms with Gasteiger partial charge in [-0.2, -0.15) is 0 Å². The summed E-state index contributed by atoms with van der Waals surface area (Å²) in [4.78, 5) is 1.29. The molecule has 0 aliphatic rings. The Bertz CT molecular complexity index is 262. The third-order valence-corrected chi connectivity index (χ3v) is 2.95. The number of aryl methyl sites for hydroxylation is 1. The van der Waals surface area contributed by atoms with Crippen molar-refractivity contribution in [1.82, 2.24) is 20.2 Å². The van der Waals surface area contributed by atoms with Gasteiger partial charge in [-0.25, -0.2) is 0 Å². The minimum Gasteiger partial charge on any atom is -0.320 e. The summed E-state index contributed by atoms with van der Waals surface area (Å²) in [5.41, 5.74) is 1.17. The summed E-state index contributed by atoms with van der Waals surface area (Å²) in [5.74, 6) is 0. The van der Waals surface area contributed by atoms with E-state index in [2.05, 4.69) is 27.1 Å². The lowest BCUT2D eigenvalue weighted by Gasteiger charge is -2.03. The second-order valence-electron chi connectivity index (χ2n) is 3.53. The minimum atomic E-state index is 0.913. The third kappa shape index (κ3) is 4.68. The molecule has 0 saturated carbocycles. The van der Waals surface area contributed by atoms with Crippen LogP contribution in [0.1, 0.15) is 30.3 Å². The van der Waals surface area contributed by atoms with Crippen LogP contribution in [0.3, 0.4) is 0 Å². The zero-order valence-corrected chi connectivity index (χ0v) is 10.4. The normalized spacial score (nSPS) is 10.8. The van der Waals surface area contributed by atoms with Gasteiger partial charge >= 0.3 is 0 Å². The van der Waals surface area contributed by atoms with Crippen LogP contribution in [0.4, 0.5) is 0 Å². The van der Waals surface area contributed by atoms with Crippen molar-refractivity contribution in [2.45, 2.75) is 32.7 Å². The highest BCUT2D eigenvalue weighted by molar-refractivity contribution is 7.05. The molecule has 0 aromatic carbocycles. The van der Waals surface area contributed by atoms with Crippen LogP contribution in [-0.2, 0) is 13.0 Å². The van der Waals surface area contributed by atoms with Crippen LogP contribution in [0.2, 0.25) is 0 Å². The molecule has 1 rings (SSSR count). The largest absolute Gasteiger partial charge is 0.320 e. The highest BCUT2D eigenvalue weighted by atomic mass is 32.1. The Kier molecular flexibility index (Phi) is 6.47. The summed E-state index contributed by atoms with van der Waals surface area (Å²) in [5, 5.41) is 10.7. The number of nitrogens with one attached hydrogen (secondary N) is 2. The van der Waals surface area contributed by atoms with Gasteiger partial charge < -0.3 is 10.6 Å². The summed E-state index contributed by atoms with van der Waals surface area (Å²) in [6, 6.07) is 0. The Labute approximate surface area is 95.6 Å². The zero-order chi connectivity index (χ0) is 10.9. The van der Waals surface area contributed by atoms with Crippen molar-refractivity contribution in [3.63, 3.8) is 0 Å². The van der Waals surface area contributed by atoms with Crippen molar-refractivity contribution in [2.75, 3.05) is 20.1 Å². The SMILES string of the molecule is CCCc1nnsc1CNCCCNC. The van der Waals surface area contributed by atoms with Crippen molar-refractivity contribution in [3.05, 3.63) is 10.6 Å². The van der Waals surface area contributed by atoms with E-state index < -0.39 is 0 Å². The summed E-state index contributed by atoms with van der Waals surface area (Å²) in [6.07, 6.45) is 3.34. The molecule has 0 radical (unpaired) electrons. The van der Waals surface area contributed by atoms with Crippen LogP contribution in [-0.4, -0.2) is 29.7 Å². The molecule has 0 aliphatic carbocycles. The molecule has 0 saturated heterocycles. The average Bonchev–Trinajstić information content (AvgIpc) is 2.66. The van der Waals surface area contributed by atoms with Gasteiger partial charge in [0, 0.05) is 6.54 Å². The summed E-state index contributed by atoms with van der Waals surface area (Å²) in [6.45, 7) is 5.19. The van der Waals surface area contributed by atoms with E-state index in [-0.39, 0.29) is 0 Å². The van der Waals surface area contributed by atoms with E-state index in [0.29, 0.717) is 0 Å². The average molecular weight is 228 g/mol. The van der Waals surface area contributed by atoms with Crippen molar-refractivity contribution in [2.24, 2.45) is 0 Å². The van der Waals surface area contributed by atoms with Gasteiger partial charge in [-0.3, -0.25) is 0 Å². The molecule has 0 atom stereocenters. The first-order chi connectivity index (χ1) is 7.38. The molecule has 0 fully saturated rings. The molecule has 0 bridgehead atoms. The molecule has 1 aromatic rings. The zero-order valence-electron chi connectivity index (χ0n) is 9.55. The van der Waals surface area contributed by atoms with Gasteiger partial charge in [-0.15, -0.1) is 5.10 Å². The van der Waals surface area contributed by atoms with Crippen LogP contribution in [0.25, 0.3) is 0 Å². The van der Waals surface area contributed by atoms with Crippen molar-refractivity contribution < 1.29 is 0 Å². The first-order valence-corrected chi connectivity index (χ1v) is 6.31. The highest BCUT2D eigenvalue weighted by Gasteiger charge is 2.05. The number of nitrogens with zero attached hydrogens (tertiary/aromatic N) is 2. The topological polar surface area (TPSA) is 49.8 Å². The fourth-order valence-electron chi connectivity index (χ4n) is 1.38. The van der Waals surface area contributed by atoms with E-state index in [1.165, 1.54) is 22.1 Å². The molecule has 1 aromatic heterocycles. The van der Waals surface area contributed by atoms with Gasteiger partial charge in [0.2, 0.25) is 0 Å². The molecule has 15 heavy (non-hydrogen) atoms. The van der Waals surface area contributed by atoms with Gasteiger partial charge in [-0.05, 0) is 44.5 Å². The monoisotopic (exact) mass is 228 g/mol. The molecule has 5 heteroatoms. The second-order valence-corrected chi connectivity index (χ2v) is 4.37. The van der Waals surface area contributed by atoms with Crippen molar-refractivity contribution in [3.8, 4) is 0 Å². The molecule has 0 aliphatic heterocycles. The number of hydrogen-bond acceptors (Lipinski definition) is 5. The Hall–Kier alpha value is -0.520. The van der Waals surface area contributed by atoms with E-state index in [1.807, 2.05) is 7.05 Å². The Balaban J connectivity index is 2.21. The molecule has 0 amide bonds. The first-order valence-electron chi connectivity index (χ1n) is 5.54. The van der Waals surface area contributed by atoms with Gasteiger partial charge in [-0.1, -0.05) is 17.8 Å². The Morgan fingerprint density at radius 3 is 2.93 bits per heavy atom. The van der Waals surface area contributed by atoms with Crippen LogP contribution >= 0.6 is 11.5 Å². The molecule has 4 nitrogen and oxygen atoms in total. The smallest absolute Gasteiger partial charge is 0.0800 e. The lowest BCUT2D eigenvalue weighted by molar-refractivity contribution is 0.625. The van der Waals surface area contributed by atoms with Crippen LogP contribution in [0.5, 0.6) is 0 Å². The lowest BCUT2D eigenvalue weighted by atomic mass is 10.2. The number of rotatable bonds is 8. The molecular weight excluding hydrogens is 208 g/mol. The Morgan fingerprint density at radius 2 is 2.20 bits per heavy atom. The molecule has 1 heterocycles. The van der Waals surface area contributed by atoms with E-state index in [1.54, 1.807) is 0 Å². The fraction of sp³-hybridized carbons (Fsp3) is 0.800. The van der Waals surface area contributed by atoms with E-state index in [4.69, 9.17) is 0 Å². The standard InChI is InChI=1S/C10H20N4S/c1-3-5-9-10(15-14-13-9)8-12-7-4-6-11-2/h11-12H,3-8H2,1-2H3. The van der Waals surface area contributed by atoms with Crippen LogP contribution in [0.15, 0.2) is 0 Å². The predicted octanol–water partition coefficient (Wildman–Crippen LogP) is 1.19. The summed E-state index contributed by atoms with van der Waals surface area (Å²) in [7, 11) is 1.98. The van der Waals surface area contributed by atoms with Gasteiger partial charge in [0.15, 0.2) is 0 Å². The quantitative estimate of drug-likeness (QED) is 0.656. The van der Waals surface area contributed by atoms with Crippen molar-refractivity contribution in [1.29, 1.82) is 0 Å². The minimum absolute atomic E-state index is 0.913. The second kappa shape index (κ2) is 7.73. The maximum atomic E-state index is 4.14. The Morgan fingerprint density at radius 1 is 1.33 bits per heavy atom. The molecule has 2 N–H and O–H groups in total. The molecular formula is C10H20N4S. The van der Waals surface area contributed by atoms with Gasteiger partial charge in [0.25, 0.3) is 0 Å². The first kappa shape index (κ1) is 12.5. The van der Waals surface area contributed by atoms with Crippen molar-refractivity contribution >= 4 is 11.5 Å². The highest BCUT2D eigenvalue weighted by Crippen LogP contribution is 2.11. The number of hydrogen-bond donors (Lipinski definition) is 2. The summed E-state index contributed by atoms with van der Waals surface area (Å²) < 4.78 is 4.00. The van der Waals surface area contributed by atoms with Gasteiger partial charge in [0.1, 0.15) is 0 Å². The van der Waals surface area contributed by atoms with Crippen LogP contribution in [0, 0.1) is 0 Å². The number of aromatic nitrogens is 2. The lowest BCUT2D eigenvalue weighted by Crippen LogP contribution is -2.19. The third-order valence-electron chi connectivity index (χ3n) is 2.19. The van der Waals surface area contributed by atoms with Gasteiger partial charge in [0.05, 0.1) is 10.6 Å². The molecule has 86 valence electrons. The van der Waals surface area contributed by atoms with E-state index in [9.17, 15) is 0 Å². The predicted molar refractivity (Wildman–Crippen MR) is 64.2 cm³/mol. The molecule has 0 unspecified atom stereocenters. The summed E-state index contributed by atoms with van der Waals surface area (Å²) >= 11 is 1.51. The maximum Gasteiger partial charge on any atom is 0.0800 e. The van der Waals surface area contributed by atoms with E-state index in [0.717, 1.165) is 38.9 Å². The fourth-order valence-corrected chi connectivity index (χ4v) is 2.03. The maximum absolute atomic E-state index is 4.14. The molecule has 0 spiro atoms. The van der Waals surface area contributed by atoms with Crippen LogP contribution < -0.4 is 10.6 Å². The van der Waals surface area contributed by atoms with E-state index >= 15 is 0 Å².